The van der Waals surface area contributed by atoms with Gasteiger partial charge in [-0.2, -0.15) is 0 Å². The molecule has 0 spiro atoms. The molecule has 30 heavy (non-hydrogen) atoms. The third kappa shape index (κ3) is 6.83. The number of pyridine rings is 1. The summed E-state index contributed by atoms with van der Waals surface area (Å²) in [5.41, 5.74) is 7.54. The molecule has 0 N–H and O–H groups in total. The second-order valence-corrected chi connectivity index (χ2v) is 8.45. The van der Waals surface area contributed by atoms with E-state index in [-0.39, 0.29) is 0 Å². The van der Waals surface area contributed by atoms with Crippen LogP contribution < -0.4 is 0 Å². The molecule has 0 unspecified atom stereocenters. The average Bonchev–Trinajstić information content (AvgIpc) is 2.81. The van der Waals surface area contributed by atoms with E-state index in [1.54, 1.807) is 0 Å². The minimum atomic E-state index is 1.05. The van der Waals surface area contributed by atoms with Crippen molar-refractivity contribution < 1.29 is 0 Å². The Kier molecular flexibility index (Phi) is 9.15. The molecule has 0 aliphatic rings. The number of unbranched alkanes of at least 4 members (excludes halogenated alkanes) is 6. The summed E-state index contributed by atoms with van der Waals surface area (Å²) in [5.74, 6) is 0. The van der Waals surface area contributed by atoms with Crippen LogP contribution in [0.1, 0.15) is 76.3 Å². The van der Waals surface area contributed by atoms with E-state index in [2.05, 4.69) is 74.5 Å². The predicted molar refractivity (Wildman–Crippen MR) is 131 cm³/mol. The van der Waals surface area contributed by atoms with Crippen LogP contribution in [0.4, 0.5) is 0 Å². The summed E-state index contributed by atoms with van der Waals surface area (Å²) in [4.78, 5) is 4.73. The van der Waals surface area contributed by atoms with Gasteiger partial charge in [-0.3, -0.25) is 4.98 Å². The monoisotopic (exact) mass is 399 g/mol. The molecule has 1 heteroatoms. The fourth-order valence-electron chi connectivity index (χ4n) is 3.95. The Hall–Kier alpha value is -2.41. The van der Waals surface area contributed by atoms with Crippen LogP contribution in [0.25, 0.3) is 22.4 Å². The van der Waals surface area contributed by atoms with E-state index < -0.39 is 0 Å². The van der Waals surface area contributed by atoms with Gasteiger partial charge in [0.05, 0.1) is 5.69 Å². The van der Waals surface area contributed by atoms with Crippen molar-refractivity contribution in [2.45, 2.75) is 78.1 Å². The van der Waals surface area contributed by atoms with Crippen LogP contribution in [-0.4, -0.2) is 4.98 Å². The highest BCUT2D eigenvalue weighted by atomic mass is 14.7. The lowest BCUT2D eigenvalue weighted by Gasteiger charge is -2.07. The van der Waals surface area contributed by atoms with Crippen LogP contribution in [0.5, 0.6) is 0 Å². The fourth-order valence-corrected chi connectivity index (χ4v) is 3.95. The molecule has 158 valence electrons. The van der Waals surface area contributed by atoms with E-state index in [4.69, 9.17) is 4.98 Å². The number of benzene rings is 2. The van der Waals surface area contributed by atoms with E-state index in [0.717, 1.165) is 5.69 Å². The Morgan fingerprint density at radius 1 is 0.500 bits per heavy atom. The third-order valence-electron chi connectivity index (χ3n) is 5.94. The topological polar surface area (TPSA) is 12.9 Å². The van der Waals surface area contributed by atoms with Gasteiger partial charge in [0, 0.05) is 17.3 Å². The maximum absolute atomic E-state index is 4.73. The van der Waals surface area contributed by atoms with Crippen LogP contribution in [0.15, 0.2) is 66.9 Å². The zero-order valence-electron chi connectivity index (χ0n) is 18.9. The Bertz CT molecular complexity index is 770. The third-order valence-corrected chi connectivity index (χ3v) is 5.94. The Morgan fingerprint density at radius 2 is 1.00 bits per heavy atom. The minimum Gasteiger partial charge on any atom is -0.256 e. The van der Waals surface area contributed by atoms with Crippen molar-refractivity contribution in [2.75, 3.05) is 0 Å². The summed E-state index contributed by atoms with van der Waals surface area (Å²) >= 11 is 0. The van der Waals surface area contributed by atoms with Crippen molar-refractivity contribution in [2.24, 2.45) is 0 Å². The largest absolute Gasteiger partial charge is 0.256 e. The normalized spacial score (nSPS) is 11.0. The van der Waals surface area contributed by atoms with Crippen LogP contribution in [-0.2, 0) is 12.8 Å². The van der Waals surface area contributed by atoms with Gasteiger partial charge in [0.15, 0.2) is 0 Å². The van der Waals surface area contributed by atoms with Gasteiger partial charge in [-0.15, -0.1) is 0 Å². The summed E-state index contributed by atoms with van der Waals surface area (Å²) in [6.07, 6.45) is 14.9. The van der Waals surface area contributed by atoms with Crippen molar-refractivity contribution in [3.05, 3.63) is 78.0 Å². The zero-order chi connectivity index (χ0) is 21.0. The summed E-state index contributed by atoms with van der Waals surface area (Å²) in [6, 6.07) is 22.3. The van der Waals surface area contributed by atoms with Gasteiger partial charge < -0.3 is 0 Å². The molecular weight excluding hydrogens is 362 g/mol. The second kappa shape index (κ2) is 12.3. The summed E-state index contributed by atoms with van der Waals surface area (Å²) in [5, 5.41) is 0. The number of nitrogens with zero attached hydrogens (tertiary/aromatic N) is 1. The molecule has 3 rings (SSSR count). The highest BCUT2D eigenvalue weighted by Crippen LogP contribution is 2.24. The van der Waals surface area contributed by atoms with Gasteiger partial charge in [-0.1, -0.05) is 107 Å². The van der Waals surface area contributed by atoms with E-state index in [1.165, 1.54) is 92.0 Å². The average molecular weight is 400 g/mol. The second-order valence-electron chi connectivity index (χ2n) is 8.45. The standard InChI is InChI=1S/C29H37N/c1-3-5-7-9-11-24-13-17-26(18-14-24)28-21-22-29(30-23-28)27-19-15-25(16-20-27)12-10-8-6-4-2/h13-23H,3-12H2,1-2H3. The van der Waals surface area contributed by atoms with E-state index in [0.29, 0.717) is 0 Å². The lowest BCUT2D eigenvalue weighted by atomic mass is 10.0. The van der Waals surface area contributed by atoms with Crippen molar-refractivity contribution in [3.63, 3.8) is 0 Å². The summed E-state index contributed by atoms with van der Waals surface area (Å²) in [6.45, 7) is 4.52. The molecule has 0 aliphatic heterocycles. The van der Waals surface area contributed by atoms with Crippen LogP contribution >= 0.6 is 0 Å². The van der Waals surface area contributed by atoms with Crippen molar-refractivity contribution in [1.82, 2.24) is 4.98 Å². The molecule has 0 aliphatic carbocycles. The Labute approximate surface area is 183 Å². The van der Waals surface area contributed by atoms with Crippen molar-refractivity contribution in [1.29, 1.82) is 0 Å². The van der Waals surface area contributed by atoms with Gasteiger partial charge in [0.25, 0.3) is 0 Å². The smallest absolute Gasteiger partial charge is 0.0702 e. The van der Waals surface area contributed by atoms with E-state index in [1.807, 2.05) is 6.20 Å². The van der Waals surface area contributed by atoms with Crippen molar-refractivity contribution in [3.8, 4) is 22.4 Å². The molecule has 1 nitrogen and oxygen atoms in total. The molecular formula is C29H37N. The summed E-state index contributed by atoms with van der Waals surface area (Å²) < 4.78 is 0. The molecule has 1 heterocycles. The lowest BCUT2D eigenvalue weighted by molar-refractivity contribution is 0.667. The molecule has 1 aromatic heterocycles. The maximum atomic E-state index is 4.73. The molecule has 0 radical (unpaired) electrons. The Balaban J connectivity index is 1.56. The minimum absolute atomic E-state index is 1.05. The van der Waals surface area contributed by atoms with Gasteiger partial charge in [0.1, 0.15) is 0 Å². The molecule has 0 saturated heterocycles. The lowest BCUT2D eigenvalue weighted by Crippen LogP contribution is -1.89. The highest BCUT2D eigenvalue weighted by Gasteiger charge is 2.03. The predicted octanol–water partition coefficient (Wildman–Crippen LogP) is 8.66. The molecule has 0 fully saturated rings. The molecule has 0 saturated carbocycles. The van der Waals surface area contributed by atoms with Gasteiger partial charge in [-0.25, -0.2) is 0 Å². The number of aryl methyl sites for hydroxylation is 2. The van der Waals surface area contributed by atoms with Crippen molar-refractivity contribution >= 4 is 0 Å². The zero-order valence-corrected chi connectivity index (χ0v) is 18.9. The van der Waals surface area contributed by atoms with Gasteiger partial charge in [0.2, 0.25) is 0 Å². The van der Waals surface area contributed by atoms with Crippen LogP contribution in [0, 0.1) is 0 Å². The van der Waals surface area contributed by atoms with E-state index in [9.17, 15) is 0 Å². The maximum Gasteiger partial charge on any atom is 0.0702 e. The number of rotatable bonds is 12. The fraction of sp³-hybridized carbons (Fsp3) is 0.414. The van der Waals surface area contributed by atoms with E-state index >= 15 is 0 Å². The number of aromatic nitrogens is 1. The first-order valence-corrected chi connectivity index (χ1v) is 11.9. The number of hydrogen-bond acceptors (Lipinski definition) is 1. The molecule has 0 bridgehead atoms. The van der Waals surface area contributed by atoms with Crippen LogP contribution in [0.3, 0.4) is 0 Å². The SMILES string of the molecule is CCCCCCc1ccc(-c2ccc(-c3ccc(CCCCCC)cc3)nc2)cc1. The first-order chi connectivity index (χ1) is 14.8. The molecule has 3 aromatic rings. The summed E-state index contributed by atoms with van der Waals surface area (Å²) in [7, 11) is 0. The first-order valence-electron chi connectivity index (χ1n) is 11.9. The number of hydrogen-bond donors (Lipinski definition) is 0. The van der Waals surface area contributed by atoms with Gasteiger partial charge >= 0.3 is 0 Å². The Morgan fingerprint density at radius 3 is 1.47 bits per heavy atom. The molecule has 0 atom stereocenters. The van der Waals surface area contributed by atoms with Crippen LogP contribution in [0.2, 0.25) is 0 Å². The quantitative estimate of drug-likeness (QED) is 0.278. The highest BCUT2D eigenvalue weighted by molar-refractivity contribution is 5.67. The van der Waals surface area contributed by atoms with Gasteiger partial charge in [-0.05, 0) is 48.4 Å². The molecule has 0 amide bonds. The molecule has 2 aromatic carbocycles. The first kappa shape index (κ1) is 22.3.